The summed E-state index contributed by atoms with van der Waals surface area (Å²) in [6.07, 6.45) is 0.430. The van der Waals surface area contributed by atoms with Gasteiger partial charge in [0.2, 0.25) is 5.91 Å². The second kappa shape index (κ2) is 8.04. The van der Waals surface area contributed by atoms with Gasteiger partial charge in [0.15, 0.2) is 0 Å². The van der Waals surface area contributed by atoms with Crippen LogP contribution in [-0.2, 0) is 16.0 Å². The highest BCUT2D eigenvalue weighted by atomic mass is 16.6. The van der Waals surface area contributed by atoms with Crippen LogP contribution >= 0.6 is 0 Å². The molecule has 0 radical (unpaired) electrons. The Balaban J connectivity index is 1.49. The van der Waals surface area contributed by atoms with Crippen molar-refractivity contribution < 1.29 is 14.3 Å². The first kappa shape index (κ1) is 18.0. The Kier molecular flexibility index (Phi) is 5.56. The van der Waals surface area contributed by atoms with Crippen LogP contribution in [0.3, 0.4) is 0 Å². The van der Waals surface area contributed by atoms with E-state index in [4.69, 9.17) is 4.74 Å². The topological polar surface area (TPSA) is 58.6 Å². The number of hydrogen-bond acceptors (Lipinski definition) is 3. The van der Waals surface area contributed by atoms with E-state index in [0.717, 1.165) is 22.4 Å². The number of anilines is 1. The number of benzene rings is 2. The summed E-state index contributed by atoms with van der Waals surface area (Å²) < 4.78 is 5.39. The van der Waals surface area contributed by atoms with Gasteiger partial charge < -0.3 is 10.1 Å². The molecular weight excluding hydrogens is 328 g/mol. The van der Waals surface area contributed by atoms with E-state index in [9.17, 15) is 9.59 Å². The Hall–Kier alpha value is -2.82. The molecule has 136 valence electrons. The Morgan fingerprint density at radius 3 is 2.54 bits per heavy atom. The molecule has 1 saturated heterocycles. The molecule has 1 aliphatic heterocycles. The number of ether oxygens (including phenoxy) is 1. The Morgan fingerprint density at radius 2 is 1.85 bits per heavy atom. The number of carbonyl (C=O) groups is 2. The molecule has 1 heterocycles. The van der Waals surface area contributed by atoms with Crippen LogP contribution in [0.15, 0.2) is 48.5 Å². The van der Waals surface area contributed by atoms with Gasteiger partial charge in [0.1, 0.15) is 6.10 Å². The Labute approximate surface area is 154 Å². The van der Waals surface area contributed by atoms with Crippen molar-refractivity contribution in [3.63, 3.8) is 0 Å². The SMILES string of the molecule is Cc1cc(C)cc(N2CC(CNC(=O)CCc3ccccc3)OC2=O)c1. The van der Waals surface area contributed by atoms with Crippen LogP contribution in [-0.4, -0.2) is 31.2 Å². The fourth-order valence-corrected chi connectivity index (χ4v) is 3.16. The third-order valence-electron chi connectivity index (χ3n) is 4.40. The van der Waals surface area contributed by atoms with E-state index in [-0.39, 0.29) is 18.1 Å². The van der Waals surface area contributed by atoms with Gasteiger partial charge in [0.05, 0.1) is 13.1 Å². The molecule has 0 saturated carbocycles. The molecule has 0 aromatic heterocycles. The average molecular weight is 352 g/mol. The van der Waals surface area contributed by atoms with Crippen LogP contribution in [0.5, 0.6) is 0 Å². The second-order valence-electron chi connectivity index (χ2n) is 6.75. The summed E-state index contributed by atoms with van der Waals surface area (Å²) in [6, 6.07) is 15.9. The van der Waals surface area contributed by atoms with Crippen molar-refractivity contribution >= 4 is 17.7 Å². The fraction of sp³-hybridized carbons (Fsp3) is 0.333. The highest BCUT2D eigenvalue weighted by molar-refractivity contribution is 5.90. The predicted molar refractivity (Wildman–Crippen MR) is 101 cm³/mol. The van der Waals surface area contributed by atoms with Gasteiger partial charge in [-0.15, -0.1) is 0 Å². The van der Waals surface area contributed by atoms with Crippen LogP contribution in [0.25, 0.3) is 0 Å². The molecule has 5 heteroatoms. The summed E-state index contributed by atoms with van der Waals surface area (Å²) in [5.41, 5.74) is 4.18. The molecule has 0 aliphatic carbocycles. The monoisotopic (exact) mass is 352 g/mol. The number of amides is 2. The largest absolute Gasteiger partial charge is 0.442 e. The van der Waals surface area contributed by atoms with Crippen molar-refractivity contribution in [1.82, 2.24) is 5.32 Å². The minimum atomic E-state index is -0.362. The molecule has 1 N–H and O–H groups in total. The number of rotatable bonds is 6. The lowest BCUT2D eigenvalue weighted by Crippen LogP contribution is -2.34. The van der Waals surface area contributed by atoms with Crippen LogP contribution in [0.1, 0.15) is 23.1 Å². The molecule has 2 amide bonds. The Bertz CT molecular complexity index is 769. The third kappa shape index (κ3) is 4.63. The van der Waals surface area contributed by atoms with E-state index in [1.165, 1.54) is 0 Å². The van der Waals surface area contributed by atoms with Crippen molar-refractivity contribution in [3.8, 4) is 0 Å². The van der Waals surface area contributed by atoms with Crippen LogP contribution in [0.2, 0.25) is 0 Å². The average Bonchev–Trinajstić information content (AvgIpc) is 2.99. The molecule has 1 aliphatic rings. The van der Waals surface area contributed by atoms with Crippen LogP contribution in [0.4, 0.5) is 10.5 Å². The summed E-state index contributed by atoms with van der Waals surface area (Å²) in [5, 5.41) is 2.87. The summed E-state index contributed by atoms with van der Waals surface area (Å²) >= 11 is 0. The summed E-state index contributed by atoms with van der Waals surface area (Å²) in [6.45, 7) is 4.78. The zero-order chi connectivity index (χ0) is 18.5. The number of nitrogens with one attached hydrogen (secondary N) is 1. The molecule has 1 atom stereocenters. The molecule has 3 rings (SSSR count). The molecule has 2 aromatic carbocycles. The second-order valence-corrected chi connectivity index (χ2v) is 6.75. The summed E-state index contributed by atoms with van der Waals surface area (Å²) in [7, 11) is 0. The molecule has 2 aromatic rings. The van der Waals surface area contributed by atoms with Gasteiger partial charge in [-0.3, -0.25) is 9.69 Å². The standard InChI is InChI=1S/C21H24N2O3/c1-15-10-16(2)12-18(11-15)23-14-19(26-21(23)25)13-22-20(24)9-8-17-6-4-3-5-7-17/h3-7,10-12,19H,8-9,13-14H2,1-2H3,(H,22,24). The quantitative estimate of drug-likeness (QED) is 0.867. The number of aryl methyl sites for hydroxylation is 3. The lowest BCUT2D eigenvalue weighted by molar-refractivity contribution is -0.121. The molecule has 26 heavy (non-hydrogen) atoms. The highest BCUT2D eigenvalue weighted by Gasteiger charge is 2.32. The summed E-state index contributed by atoms with van der Waals surface area (Å²) in [5.74, 6) is -0.0326. The first-order valence-corrected chi connectivity index (χ1v) is 8.88. The van der Waals surface area contributed by atoms with Gasteiger partial charge in [-0.25, -0.2) is 4.79 Å². The maximum atomic E-state index is 12.2. The van der Waals surface area contributed by atoms with Gasteiger partial charge in [-0.1, -0.05) is 36.4 Å². The van der Waals surface area contributed by atoms with Crippen molar-refractivity contribution in [2.24, 2.45) is 0 Å². The first-order valence-electron chi connectivity index (χ1n) is 8.88. The van der Waals surface area contributed by atoms with Gasteiger partial charge in [0.25, 0.3) is 0 Å². The molecule has 0 spiro atoms. The van der Waals surface area contributed by atoms with Crippen molar-refractivity contribution in [2.45, 2.75) is 32.8 Å². The Morgan fingerprint density at radius 1 is 1.15 bits per heavy atom. The number of cyclic esters (lactones) is 1. The third-order valence-corrected chi connectivity index (χ3v) is 4.40. The van der Waals surface area contributed by atoms with Crippen LogP contribution < -0.4 is 10.2 Å². The maximum Gasteiger partial charge on any atom is 0.414 e. The van der Waals surface area contributed by atoms with Gasteiger partial charge >= 0.3 is 6.09 Å². The zero-order valence-electron chi connectivity index (χ0n) is 15.2. The minimum Gasteiger partial charge on any atom is -0.442 e. The number of carbonyl (C=O) groups excluding carboxylic acids is 2. The molecule has 1 fully saturated rings. The molecule has 0 bridgehead atoms. The van der Waals surface area contributed by atoms with Crippen molar-refractivity contribution in [2.75, 3.05) is 18.0 Å². The van der Waals surface area contributed by atoms with Gasteiger partial charge in [0, 0.05) is 12.1 Å². The zero-order valence-corrected chi connectivity index (χ0v) is 15.2. The van der Waals surface area contributed by atoms with E-state index in [1.807, 2.05) is 56.3 Å². The normalized spacial score (nSPS) is 16.5. The minimum absolute atomic E-state index is 0.0326. The van der Waals surface area contributed by atoms with E-state index in [2.05, 4.69) is 11.4 Å². The fourth-order valence-electron chi connectivity index (χ4n) is 3.16. The lowest BCUT2D eigenvalue weighted by Gasteiger charge is -2.14. The lowest BCUT2D eigenvalue weighted by atomic mass is 10.1. The molecule has 1 unspecified atom stereocenters. The smallest absolute Gasteiger partial charge is 0.414 e. The number of hydrogen-bond donors (Lipinski definition) is 1. The molecular formula is C21H24N2O3. The maximum absolute atomic E-state index is 12.2. The van der Waals surface area contributed by atoms with E-state index in [0.29, 0.717) is 25.9 Å². The van der Waals surface area contributed by atoms with Crippen molar-refractivity contribution in [3.05, 3.63) is 65.2 Å². The number of nitrogens with zero attached hydrogens (tertiary/aromatic N) is 1. The van der Waals surface area contributed by atoms with E-state index >= 15 is 0 Å². The van der Waals surface area contributed by atoms with Crippen molar-refractivity contribution in [1.29, 1.82) is 0 Å². The van der Waals surface area contributed by atoms with Gasteiger partial charge in [-0.05, 0) is 49.1 Å². The molecule has 5 nitrogen and oxygen atoms in total. The van der Waals surface area contributed by atoms with E-state index in [1.54, 1.807) is 4.90 Å². The highest BCUT2D eigenvalue weighted by Crippen LogP contribution is 2.24. The predicted octanol–water partition coefficient (Wildman–Crippen LogP) is 3.38. The summed E-state index contributed by atoms with van der Waals surface area (Å²) in [4.78, 5) is 25.8. The van der Waals surface area contributed by atoms with Crippen LogP contribution in [0, 0.1) is 13.8 Å². The van der Waals surface area contributed by atoms with Gasteiger partial charge in [-0.2, -0.15) is 0 Å². The first-order chi connectivity index (χ1) is 12.5. The van der Waals surface area contributed by atoms with E-state index < -0.39 is 0 Å².